The highest BCUT2D eigenvalue weighted by molar-refractivity contribution is 5.34. The van der Waals surface area contributed by atoms with Crippen molar-refractivity contribution < 1.29 is 0 Å². The second-order valence-corrected chi connectivity index (χ2v) is 5.66. The molecule has 2 rings (SSSR count). The van der Waals surface area contributed by atoms with Gasteiger partial charge < -0.3 is 0 Å². The topological polar surface area (TPSA) is 23.8 Å². The van der Waals surface area contributed by atoms with Gasteiger partial charge in [0, 0.05) is 0 Å². The maximum absolute atomic E-state index is 8.59. The van der Waals surface area contributed by atoms with Crippen LogP contribution in [0.5, 0.6) is 0 Å². The van der Waals surface area contributed by atoms with Crippen LogP contribution in [0.1, 0.15) is 68.4 Å². The van der Waals surface area contributed by atoms with E-state index in [0.29, 0.717) is 5.92 Å². The molecule has 1 heteroatoms. The monoisotopic (exact) mass is 309 g/mol. The van der Waals surface area contributed by atoms with Gasteiger partial charge in [-0.05, 0) is 60.6 Å². The maximum atomic E-state index is 8.59. The van der Waals surface area contributed by atoms with Gasteiger partial charge in [-0.15, -0.1) is 0 Å². The number of hydrogen-bond acceptors (Lipinski definition) is 1. The summed E-state index contributed by atoms with van der Waals surface area (Å²) in [7, 11) is 0. The molecule has 0 saturated carbocycles. The molecular formula is C22H31N. The first-order valence-electron chi connectivity index (χ1n) is 8.54. The predicted octanol–water partition coefficient (Wildman–Crippen LogP) is 6.57. The van der Waals surface area contributed by atoms with Crippen molar-refractivity contribution in [2.75, 3.05) is 0 Å². The highest BCUT2D eigenvalue weighted by Crippen LogP contribution is 2.14. The van der Waals surface area contributed by atoms with Crippen molar-refractivity contribution in [3.8, 4) is 6.07 Å². The van der Waals surface area contributed by atoms with Crippen molar-refractivity contribution in [1.82, 2.24) is 0 Å². The van der Waals surface area contributed by atoms with Crippen LogP contribution in [0.4, 0.5) is 0 Å². The first kappa shape index (κ1) is 20.9. The van der Waals surface area contributed by atoms with Gasteiger partial charge in [-0.25, -0.2) is 0 Å². The Bertz CT molecular complexity index is 618. The minimum Gasteiger partial charge on any atom is -0.192 e. The molecule has 0 radical (unpaired) electrons. The standard InChI is InChI=1S/C10H11N.C10H14.C2H6/c1-8(2)10-5-3-4-9(6-10)7-11;1-4-10-6-5-8(2)9(3)7-10;1-2/h3-6,8H,1-2H3;5-7H,4H2,1-3H3;1-2H3. The molecule has 124 valence electrons. The van der Waals surface area contributed by atoms with Crippen molar-refractivity contribution in [2.24, 2.45) is 0 Å². The van der Waals surface area contributed by atoms with Gasteiger partial charge in [-0.1, -0.05) is 65.0 Å². The lowest BCUT2D eigenvalue weighted by Crippen LogP contribution is -1.86. The lowest BCUT2D eigenvalue weighted by molar-refractivity contribution is 0.866. The molecule has 23 heavy (non-hydrogen) atoms. The molecule has 0 aromatic heterocycles. The Morgan fingerprint density at radius 1 is 0.957 bits per heavy atom. The average Bonchev–Trinajstić information content (AvgIpc) is 2.59. The van der Waals surface area contributed by atoms with Crippen LogP contribution in [0.2, 0.25) is 0 Å². The van der Waals surface area contributed by atoms with E-state index in [9.17, 15) is 0 Å². The van der Waals surface area contributed by atoms with E-state index in [-0.39, 0.29) is 0 Å². The Hall–Kier alpha value is -2.07. The van der Waals surface area contributed by atoms with Crippen molar-refractivity contribution in [2.45, 2.75) is 60.8 Å². The summed E-state index contributed by atoms with van der Waals surface area (Å²) in [5, 5.41) is 8.59. The van der Waals surface area contributed by atoms with E-state index >= 15 is 0 Å². The molecule has 0 fully saturated rings. The summed E-state index contributed by atoms with van der Waals surface area (Å²) in [5.41, 5.74) is 6.19. The van der Waals surface area contributed by atoms with Gasteiger partial charge in [0.05, 0.1) is 11.6 Å². The molecule has 0 bridgehead atoms. The number of benzene rings is 2. The summed E-state index contributed by atoms with van der Waals surface area (Å²) in [4.78, 5) is 0. The third-order valence-electron chi connectivity index (χ3n) is 3.66. The third kappa shape index (κ3) is 7.66. The van der Waals surface area contributed by atoms with Crippen LogP contribution < -0.4 is 0 Å². The van der Waals surface area contributed by atoms with Gasteiger partial charge >= 0.3 is 0 Å². The minimum atomic E-state index is 0.503. The number of hydrogen-bond donors (Lipinski definition) is 0. The first-order chi connectivity index (χ1) is 11.0. The molecule has 0 aliphatic heterocycles. The van der Waals surface area contributed by atoms with Gasteiger partial charge in [0.15, 0.2) is 0 Å². The van der Waals surface area contributed by atoms with Gasteiger partial charge in [-0.3, -0.25) is 0 Å². The smallest absolute Gasteiger partial charge is 0.0991 e. The quantitative estimate of drug-likeness (QED) is 0.615. The van der Waals surface area contributed by atoms with E-state index < -0.39 is 0 Å². The number of rotatable bonds is 2. The maximum Gasteiger partial charge on any atom is 0.0991 e. The molecule has 2 aromatic carbocycles. The highest BCUT2D eigenvalue weighted by atomic mass is 14.2. The molecule has 0 aliphatic rings. The summed E-state index contributed by atoms with van der Waals surface area (Å²) < 4.78 is 0. The lowest BCUT2D eigenvalue weighted by Gasteiger charge is -2.03. The molecule has 0 spiro atoms. The Morgan fingerprint density at radius 2 is 1.61 bits per heavy atom. The second-order valence-electron chi connectivity index (χ2n) is 5.66. The first-order valence-corrected chi connectivity index (χ1v) is 8.54. The zero-order valence-electron chi connectivity index (χ0n) is 15.8. The van der Waals surface area contributed by atoms with Gasteiger partial charge in [0.25, 0.3) is 0 Å². The number of nitrogens with zero attached hydrogens (tertiary/aromatic N) is 1. The Morgan fingerprint density at radius 3 is 2.09 bits per heavy atom. The van der Waals surface area contributed by atoms with Crippen LogP contribution in [-0.2, 0) is 6.42 Å². The van der Waals surface area contributed by atoms with Crippen molar-refractivity contribution in [3.63, 3.8) is 0 Å². The van der Waals surface area contributed by atoms with E-state index in [1.165, 1.54) is 22.3 Å². The van der Waals surface area contributed by atoms with Crippen molar-refractivity contribution in [1.29, 1.82) is 5.26 Å². The van der Waals surface area contributed by atoms with Crippen LogP contribution in [0, 0.1) is 25.2 Å². The van der Waals surface area contributed by atoms with Crippen LogP contribution in [0.3, 0.4) is 0 Å². The van der Waals surface area contributed by atoms with Gasteiger partial charge in [-0.2, -0.15) is 5.26 Å². The van der Waals surface area contributed by atoms with Crippen LogP contribution >= 0.6 is 0 Å². The van der Waals surface area contributed by atoms with Crippen LogP contribution in [0.15, 0.2) is 42.5 Å². The fourth-order valence-corrected chi connectivity index (χ4v) is 1.99. The van der Waals surface area contributed by atoms with E-state index in [1.807, 2.05) is 38.1 Å². The zero-order chi connectivity index (χ0) is 17.8. The van der Waals surface area contributed by atoms with Crippen molar-refractivity contribution >= 4 is 0 Å². The summed E-state index contributed by atoms with van der Waals surface area (Å²) in [6.07, 6.45) is 1.14. The Kier molecular flexibility index (Phi) is 10.5. The fraction of sp³-hybridized carbons (Fsp3) is 0.409. The van der Waals surface area contributed by atoms with Crippen molar-refractivity contribution in [3.05, 3.63) is 70.3 Å². The normalized spacial score (nSPS) is 9.17. The number of nitriles is 1. The summed E-state index contributed by atoms with van der Waals surface area (Å²) in [6.45, 7) is 14.7. The van der Waals surface area contributed by atoms with Gasteiger partial charge in [0.2, 0.25) is 0 Å². The molecule has 0 atom stereocenters. The minimum absolute atomic E-state index is 0.503. The predicted molar refractivity (Wildman–Crippen MR) is 102 cm³/mol. The molecular weight excluding hydrogens is 278 g/mol. The molecule has 1 nitrogen and oxygen atoms in total. The Labute approximate surface area is 143 Å². The van der Waals surface area contributed by atoms with E-state index in [2.05, 4.69) is 58.9 Å². The molecule has 0 heterocycles. The SMILES string of the molecule is CC.CC(C)c1cccc(C#N)c1.CCc1ccc(C)c(C)c1. The van der Waals surface area contributed by atoms with E-state index in [4.69, 9.17) is 5.26 Å². The van der Waals surface area contributed by atoms with Crippen LogP contribution in [-0.4, -0.2) is 0 Å². The summed E-state index contributed by atoms with van der Waals surface area (Å²) in [5.74, 6) is 0.503. The zero-order valence-corrected chi connectivity index (χ0v) is 15.8. The molecule has 0 amide bonds. The van der Waals surface area contributed by atoms with Crippen LogP contribution in [0.25, 0.3) is 0 Å². The second kappa shape index (κ2) is 11.5. The number of aryl methyl sites for hydroxylation is 3. The molecule has 2 aromatic rings. The molecule has 0 aliphatic carbocycles. The summed E-state index contributed by atoms with van der Waals surface area (Å²) >= 11 is 0. The average molecular weight is 309 g/mol. The van der Waals surface area contributed by atoms with Gasteiger partial charge in [0.1, 0.15) is 0 Å². The molecule has 0 unspecified atom stereocenters. The largest absolute Gasteiger partial charge is 0.192 e. The summed E-state index contributed by atoms with van der Waals surface area (Å²) in [6, 6.07) is 16.5. The molecule has 0 N–H and O–H groups in total. The molecule has 0 saturated heterocycles. The lowest BCUT2D eigenvalue weighted by atomic mass is 10.0. The fourth-order valence-electron chi connectivity index (χ4n) is 1.99. The van der Waals surface area contributed by atoms with E-state index in [1.54, 1.807) is 0 Å². The third-order valence-corrected chi connectivity index (χ3v) is 3.66. The Balaban J connectivity index is 0.000000381. The highest BCUT2D eigenvalue weighted by Gasteiger charge is 1.98. The van der Waals surface area contributed by atoms with E-state index in [0.717, 1.165) is 12.0 Å².